The summed E-state index contributed by atoms with van der Waals surface area (Å²) in [6.07, 6.45) is 1.57. The van der Waals surface area contributed by atoms with E-state index in [2.05, 4.69) is 10.3 Å². The number of para-hydroxylation sites is 1. The van der Waals surface area contributed by atoms with Crippen LogP contribution in [0.1, 0.15) is 28.9 Å². The number of halogens is 2. The zero-order chi connectivity index (χ0) is 18.7. The molecule has 1 amide bonds. The number of aromatic nitrogens is 1. The standard InChI is InChI=1S/C19H16Cl2N2O3/c1-11(12-6-7-15(20)16(21)8-12)23-18(24)10-26-19(25)14-9-22-17-5-3-2-4-13(14)17/h2-9,11,22H,10H2,1H3,(H,23,24)/t11-/m1/s1. The second-order valence-electron chi connectivity index (χ2n) is 5.79. The Balaban J connectivity index is 1.58. The van der Waals surface area contributed by atoms with Crippen molar-refractivity contribution in [1.82, 2.24) is 10.3 Å². The summed E-state index contributed by atoms with van der Waals surface area (Å²) < 4.78 is 5.12. The van der Waals surface area contributed by atoms with Crippen molar-refractivity contribution in [3.63, 3.8) is 0 Å². The summed E-state index contributed by atoms with van der Waals surface area (Å²) in [7, 11) is 0. The largest absolute Gasteiger partial charge is 0.452 e. The Labute approximate surface area is 160 Å². The minimum atomic E-state index is -0.556. The van der Waals surface area contributed by atoms with Crippen molar-refractivity contribution in [2.45, 2.75) is 13.0 Å². The lowest BCUT2D eigenvalue weighted by molar-refractivity contribution is -0.124. The molecule has 134 valence electrons. The maximum atomic E-state index is 12.2. The minimum absolute atomic E-state index is 0.302. The van der Waals surface area contributed by atoms with E-state index in [0.717, 1.165) is 16.5 Å². The highest BCUT2D eigenvalue weighted by atomic mass is 35.5. The molecule has 0 aliphatic rings. The highest BCUT2D eigenvalue weighted by Crippen LogP contribution is 2.25. The van der Waals surface area contributed by atoms with E-state index in [1.807, 2.05) is 24.3 Å². The molecule has 1 heterocycles. The number of aromatic amines is 1. The lowest BCUT2D eigenvalue weighted by Crippen LogP contribution is -2.31. The highest BCUT2D eigenvalue weighted by molar-refractivity contribution is 6.42. The molecule has 3 rings (SSSR count). The Morgan fingerprint density at radius 3 is 2.69 bits per heavy atom. The molecule has 7 heteroatoms. The van der Waals surface area contributed by atoms with Gasteiger partial charge in [-0.1, -0.05) is 47.5 Å². The average molecular weight is 391 g/mol. The van der Waals surface area contributed by atoms with Gasteiger partial charge in [-0.05, 0) is 30.7 Å². The first kappa shape index (κ1) is 18.3. The van der Waals surface area contributed by atoms with Gasteiger partial charge in [0.1, 0.15) is 0 Å². The number of H-pyrrole nitrogens is 1. The normalized spacial score (nSPS) is 12.0. The second-order valence-corrected chi connectivity index (χ2v) is 6.60. The number of ether oxygens (including phenoxy) is 1. The van der Waals surface area contributed by atoms with Gasteiger partial charge in [-0.2, -0.15) is 0 Å². The van der Waals surface area contributed by atoms with Gasteiger partial charge in [0, 0.05) is 17.1 Å². The van der Waals surface area contributed by atoms with Crippen LogP contribution in [-0.2, 0) is 9.53 Å². The Kier molecular flexibility index (Phi) is 5.49. The van der Waals surface area contributed by atoms with Crippen molar-refractivity contribution in [2.24, 2.45) is 0 Å². The van der Waals surface area contributed by atoms with Crippen LogP contribution in [-0.4, -0.2) is 23.5 Å². The highest BCUT2D eigenvalue weighted by Gasteiger charge is 2.16. The molecule has 1 aromatic heterocycles. The Morgan fingerprint density at radius 1 is 1.15 bits per heavy atom. The maximum Gasteiger partial charge on any atom is 0.340 e. The Hall–Kier alpha value is -2.50. The lowest BCUT2D eigenvalue weighted by atomic mass is 10.1. The SMILES string of the molecule is C[C@@H](NC(=O)COC(=O)c1c[nH]c2ccccc12)c1ccc(Cl)c(Cl)c1. The van der Waals surface area contributed by atoms with Gasteiger partial charge < -0.3 is 15.0 Å². The van der Waals surface area contributed by atoms with E-state index in [-0.39, 0.29) is 12.6 Å². The van der Waals surface area contributed by atoms with Crippen LogP contribution in [0.15, 0.2) is 48.7 Å². The summed E-state index contributed by atoms with van der Waals surface area (Å²) in [6.45, 7) is 1.43. The quantitative estimate of drug-likeness (QED) is 0.629. The topological polar surface area (TPSA) is 71.2 Å². The van der Waals surface area contributed by atoms with Gasteiger partial charge in [0.15, 0.2) is 6.61 Å². The summed E-state index contributed by atoms with van der Waals surface area (Å²) in [5, 5.41) is 4.37. The summed E-state index contributed by atoms with van der Waals surface area (Å²) in [4.78, 5) is 27.3. The van der Waals surface area contributed by atoms with Crippen LogP contribution in [0, 0.1) is 0 Å². The molecule has 1 atom stereocenters. The van der Waals surface area contributed by atoms with Gasteiger partial charge in [-0.3, -0.25) is 4.79 Å². The fourth-order valence-corrected chi connectivity index (χ4v) is 2.90. The van der Waals surface area contributed by atoms with E-state index >= 15 is 0 Å². The van der Waals surface area contributed by atoms with Crippen LogP contribution in [0.2, 0.25) is 10.0 Å². The molecular formula is C19H16Cl2N2O3. The number of nitrogens with one attached hydrogen (secondary N) is 2. The summed E-state index contributed by atoms with van der Waals surface area (Å²) in [5.74, 6) is -0.962. The van der Waals surface area contributed by atoms with Crippen LogP contribution in [0.3, 0.4) is 0 Å². The fraction of sp³-hybridized carbons (Fsp3) is 0.158. The monoisotopic (exact) mass is 390 g/mol. The molecule has 0 aliphatic heterocycles. The van der Waals surface area contributed by atoms with E-state index in [4.69, 9.17) is 27.9 Å². The molecule has 0 aliphatic carbocycles. The van der Waals surface area contributed by atoms with E-state index < -0.39 is 11.9 Å². The molecule has 26 heavy (non-hydrogen) atoms. The number of carbonyl (C=O) groups is 2. The smallest absolute Gasteiger partial charge is 0.340 e. The van der Waals surface area contributed by atoms with Gasteiger partial charge >= 0.3 is 5.97 Å². The Bertz CT molecular complexity index is 968. The third kappa shape index (κ3) is 4.00. The van der Waals surface area contributed by atoms with Crippen LogP contribution in [0.5, 0.6) is 0 Å². The van der Waals surface area contributed by atoms with Crippen LogP contribution < -0.4 is 5.32 Å². The van der Waals surface area contributed by atoms with E-state index in [0.29, 0.717) is 15.6 Å². The molecule has 0 saturated heterocycles. The minimum Gasteiger partial charge on any atom is -0.452 e. The number of carbonyl (C=O) groups excluding carboxylic acids is 2. The molecule has 2 aromatic carbocycles. The zero-order valence-corrected chi connectivity index (χ0v) is 15.4. The first-order valence-corrected chi connectivity index (χ1v) is 8.69. The number of hydrogen-bond donors (Lipinski definition) is 2. The van der Waals surface area contributed by atoms with Gasteiger partial charge in [-0.15, -0.1) is 0 Å². The van der Waals surface area contributed by atoms with Crippen LogP contribution in [0.25, 0.3) is 10.9 Å². The first-order chi connectivity index (χ1) is 12.5. The third-order valence-corrected chi connectivity index (χ3v) is 4.70. The fourth-order valence-electron chi connectivity index (χ4n) is 2.60. The van der Waals surface area contributed by atoms with Gasteiger partial charge in [0.05, 0.1) is 21.7 Å². The second kappa shape index (κ2) is 7.81. The average Bonchev–Trinajstić information content (AvgIpc) is 3.06. The van der Waals surface area contributed by atoms with E-state index in [1.54, 1.807) is 31.3 Å². The molecule has 0 fully saturated rings. The number of fused-ring (bicyclic) bond motifs is 1. The van der Waals surface area contributed by atoms with Crippen molar-refractivity contribution in [1.29, 1.82) is 0 Å². The summed E-state index contributed by atoms with van der Waals surface area (Å²) in [5.41, 5.74) is 2.03. The number of amides is 1. The van der Waals surface area contributed by atoms with Gasteiger partial charge in [0.25, 0.3) is 5.91 Å². The van der Waals surface area contributed by atoms with Crippen LogP contribution in [0.4, 0.5) is 0 Å². The molecule has 0 saturated carbocycles. The van der Waals surface area contributed by atoms with E-state index in [1.165, 1.54) is 0 Å². The van der Waals surface area contributed by atoms with Crippen molar-refractivity contribution < 1.29 is 14.3 Å². The van der Waals surface area contributed by atoms with Crippen LogP contribution >= 0.6 is 23.2 Å². The predicted octanol–water partition coefficient (Wildman–Crippen LogP) is 4.51. The molecule has 2 N–H and O–H groups in total. The number of hydrogen-bond acceptors (Lipinski definition) is 3. The molecule has 3 aromatic rings. The molecular weight excluding hydrogens is 375 g/mol. The number of rotatable bonds is 5. The third-order valence-electron chi connectivity index (χ3n) is 3.96. The molecule has 5 nitrogen and oxygen atoms in total. The molecule has 0 bridgehead atoms. The van der Waals surface area contributed by atoms with Gasteiger partial charge in [0.2, 0.25) is 0 Å². The van der Waals surface area contributed by atoms with Gasteiger partial charge in [-0.25, -0.2) is 4.79 Å². The molecule has 0 spiro atoms. The molecule has 0 unspecified atom stereocenters. The number of esters is 1. The van der Waals surface area contributed by atoms with Crippen molar-refractivity contribution in [3.8, 4) is 0 Å². The summed E-state index contributed by atoms with van der Waals surface area (Å²) >= 11 is 11.9. The molecule has 0 radical (unpaired) electrons. The predicted molar refractivity (Wildman–Crippen MR) is 102 cm³/mol. The zero-order valence-electron chi connectivity index (χ0n) is 13.9. The van der Waals surface area contributed by atoms with Crippen molar-refractivity contribution >= 4 is 46.0 Å². The van der Waals surface area contributed by atoms with E-state index in [9.17, 15) is 9.59 Å². The Morgan fingerprint density at radius 2 is 1.92 bits per heavy atom. The lowest BCUT2D eigenvalue weighted by Gasteiger charge is -2.15. The van der Waals surface area contributed by atoms with Crippen molar-refractivity contribution in [3.05, 3.63) is 69.8 Å². The summed E-state index contributed by atoms with van der Waals surface area (Å²) in [6, 6.07) is 12.2. The first-order valence-electron chi connectivity index (χ1n) is 7.93. The number of benzene rings is 2. The van der Waals surface area contributed by atoms with Crippen molar-refractivity contribution in [2.75, 3.05) is 6.61 Å². The maximum absolute atomic E-state index is 12.2.